The molecule has 0 aliphatic rings. The molecule has 1 aromatic heterocycles. The molecule has 2 rings (SSSR count). The molecule has 17 heavy (non-hydrogen) atoms. The average molecular weight is 247 g/mol. The summed E-state index contributed by atoms with van der Waals surface area (Å²) in [5.74, 6) is 0. The summed E-state index contributed by atoms with van der Waals surface area (Å²) in [7, 11) is 0. The molecule has 0 bridgehead atoms. The fourth-order valence-corrected chi connectivity index (χ4v) is 2.32. The van der Waals surface area contributed by atoms with E-state index >= 15 is 0 Å². The van der Waals surface area contributed by atoms with Crippen LogP contribution in [0.4, 0.5) is 5.69 Å². The molecule has 0 spiro atoms. The molecule has 0 saturated heterocycles. The molecule has 0 atom stereocenters. The Labute approximate surface area is 106 Å². The highest BCUT2D eigenvalue weighted by atomic mass is 32.1. The van der Waals surface area contributed by atoms with Gasteiger partial charge in [0.2, 0.25) is 0 Å². The van der Waals surface area contributed by atoms with E-state index in [0.29, 0.717) is 0 Å². The van der Waals surface area contributed by atoms with Crippen LogP contribution in [0.15, 0.2) is 23.6 Å². The van der Waals surface area contributed by atoms with Crippen molar-refractivity contribution >= 4 is 17.0 Å². The van der Waals surface area contributed by atoms with Gasteiger partial charge in [0.15, 0.2) is 0 Å². The normalized spacial score (nSPS) is 10.7. The summed E-state index contributed by atoms with van der Waals surface area (Å²) in [4.78, 5) is 4.41. The fraction of sp³-hybridized carbons (Fsp3) is 0.308. The van der Waals surface area contributed by atoms with Gasteiger partial charge in [0.05, 0.1) is 10.7 Å². The van der Waals surface area contributed by atoms with Crippen LogP contribution in [-0.4, -0.2) is 4.98 Å². The quantitative estimate of drug-likeness (QED) is 0.817. The van der Waals surface area contributed by atoms with E-state index in [-0.39, 0.29) is 0 Å². The Kier molecular flexibility index (Phi) is 3.76. The van der Waals surface area contributed by atoms with Crippen molar-refractivity contribution in [3.8, 4) is 0 Å². The zero-order valence-corrected chi connectivity index (χ0v) is 11.0. The van der Waals surface area contributed by atoms with Crippen molar-refractivity contribution in [2.75, 3.05) is 5.73 Å². The van der Waals surface area contributed by atoms with E-state index in [1.54, 1.807) is 11.3 Å². The molecule has 0 saturated carbocycles. The van der Waals surface area contributed by atoms with Crippen molar-refractivity contribution in [1.82, 2.24) is 10.3 Å². The zero-order chi connectivity index (χ0) is 12.3. The predicted molar refractivity (Wildman–Crippen MR) is 73.0 cm³/mol. The molecule has 0 fully saturated rings. The van der Waals surface area contributed by atoms with Crippen LogP contribution in [0.1, 0.15) is 21.8 Å². The fourth-order valence-electron chi connectivity index (χ4n) is 1.71. The van der Waals surface area contributed by atoms with Crippen LogP contribution in [0, 0.1) is 13.8 Å². The summed E-state index contributed by atoms with van der Waals surface area (Å²) in [6.45, 7) is 5.71. The number of rotatable bonds is 4. The lowest BCUT2D eigenvalue weighted by Crippen LogP contribution is -2.14. The largest absolute Gasteiger partial charge is 0.399 e. The van der Waals surface area contributed by atoms with Gasteiger partial charge in [0.1, 0.15) is 0 Å². The van der Waals surface area contributed by atoms with Crippen LogP contribution < -0.4 is 11.1 Å². The van der Waals surface area contributed by atoms with Gasteiger partial charge in [-0.15, -0.1) is 11.3 Å². The van der Waals surface area contributed by atoms with Crippen LogP contribution in [0.3, 0.4) is 0 Å². The maximum absolute atomic E-state index is 5.87. The van der Waals surface area contributed by atoms with Gasteiger partial charge in [-0.1, -0.05) is 12.1 Å². The van der Waals surface area contributed by atoms with Gasteiger partial charge in [0, 0.05) is 24.2 Å². The number of thiazole rings is 1. The van der Waals surface area contributed by atoms with Crippen LogP contribution in [0.25, 0.3) is 0 Å². The molecule has 0 radical (unpaired) electrons. The van der Waals surface area contributed by atoms with Gasteiger partial charge < -0.3 is 11.1 Å². The van der Waals surface area contributed by atoms with E-state index in [2.05, 4.69) is 28.7 Å². The maximum atomic E-state index is 5.87. The first-order chi connectivity index (χ1) is 8.16. The lowest BCUT2D eigenvalue weighted by molar-refractivity contribution is 0.679. The van der Waals surface area contributed by atoms with Crippen LogP contribution >= 0.6 is 11.3 Å². The van der Waals surface area contributed by atoms with Gasteiger partial charge in [-0.05, 0) is 31.0 Å². The summed E-state index contributed by atoms with van der Waals surface area (Å²) < 4.78 is 0. The van der Waals surface area contributed by atoms with Gasteiger partial charge in [-0.3, -0.25) is 0 Å². The van der Waals surface area contributed by atoms with Gasteiger partial charge >= 0.3 is 0 Å². The summed E-state index contributed by atoms with van der Waals surface area (Å²) in [5, 5.41) is 6.59. The van der Waals surface area contributed by atoms with E-state index in [1.165, 1.54) is 5.56 Å². The molecule has 1 aromatic carbocycles. The average Bonchev–Trinajstić information content (AvgIpc) is 2.70. The molecule has 0 amide bonds. The first kappa shape index (κ1) is 12.1. The SMILES string of the molecule is Cc1nc(CNCc2cccc(N)c2C)cs1. The predicted octanol–water partition coefficient (Wildman–Crippen LogP) is 2.63. The van der Waals surface area contributed by atoms with E-state index in [0.717, 1.165) is 35.0 Å². The molecular weight excluding hydrogens is 230 g/mol. The highest BCUT2D eigenvalue weighted by Gasteiger charge is 2.02. The monoisotopic (exact) mass is 247 g/mol. The third-order valence-corrected chi connectivity index (χ3v) is 3.60. The lowest BCUT2D eigenvalue weighted by Gasteiger charge is -2.08. The summed E-state index contributed by atoms with van der Waals surface area (Å²) in [6.07, 6.45) is 0. The van der Waals surface area contributed by atoms with Crippen LogP contribution in [0.2, 0.25) is 0 Å². The van der Waals surface area contributed by atoms with Crippen molar-refractivity contribution in [1.29, 1.82) is 0 Å². The number of hydrogen-bond donors (Lipinski definition) is 2. The number of aromatic nitrogens is 1. The minimum absolute atomic E-state index is 0.804. The number of nitrogens with zero attached hydrogens (tertiary/aromatic N) is 1. The Morgan fingerprint density at radius 3 is 2.82 bits per heavy atom. The van der Waals surface area contributed by atoms with Crippen molar-refractivity contribution in [3.05, 3.63) is 45.4 Å². The third-order valence-electron chi connectivity index (χ3n) is 2.78. The molecule has 3 N–H and O–H groups in total. The Bertz CT molecular complexity index is 505. The minimum atomic E-state index is 0.804. The highest BCUT2D eigenvalue weighted by Crippen LogP contribution is 2.15. The van der Waals surface area contributed by atoms with E-state index < -0.39 is 0 Å². The molecular formula is C13H17N3S. The van der Waals surface area contributed by atoms with Crippen LogP contribution in [-0.2, 0) is 13.1 Å². The molecule has 90 valence electrons. The minimum Gasteiger partial charge on any atom is -0.399 e. The van der Waals surface area contributed by atoms with Crippen molar-refractivity contribution in [2.24, 2.45) is 0 Å². The number of nitrogens with two attached hydrogens (primary N) is 1. The number of nitrogen functional groups attached to an aromatic ring is 1. The number of benzene rings is 1. The first-order valence-electron chi connectivity index (χ1n) is 5.62. The van der Waals surface area contributed by atoms with E-state index in [4.69, 9.17) is 5.73 Å². The highest BCUT2D eigenvalue weighted by molar-refractivity contribution is 7.09. The summed E-state index contributed by atoms with van der Waals surface area (Å²) >= 11 is 1.69. The third kappa shape index (κ3) is 3.05. The zero-order valence-electron chi connectivity index (χ0n) is 10.2. The van der Waals surface area contributed by atoms with Crippen molar-refractivity contribution in [3.63, 3.8) is 0 Å². The smallest absolute Gasteiger partial charge is 0.0897 e. The van der Waals surface area contributed by atoms with Crippen molar-refractivity contribution in [2.45, 2.75) is 26.9 Å². The van der Waals surface area contributed by atoms with E-state index in [9.17, 15) is 0 Å². The molecule has 1 heterocycles. The Morgan fingerprint density at radius 1 is 1.29 bits per heavy atom. The molecule has 0 unspecified atom stereocenters. The van der Waals surface area contributed by atoms with Crippen LogP contribution in [0.5, 0.6) is 0 Å². The molecule has 0 aliphatic heterocycles. The molecule has 3 nitrogen and oxygen atoms in total. The Balaban J connectivity index is 1.92. The molecule has 0 aliphatic carbocycles. The Morgan fingerprint density at radius 2 is 2.12 bits per heavy atom. The number of hydrogen-bond acceptors (Lipinski definition) is 4. The second-order valence-electron chi connectivity index (χ2n) is 4.09. The van der Waals surface area contributed by atoms with Gasteiger partial charge in [-0.25, -0.2) is 4.98 Å². The second-order valence-corrected chi connectivity index (χ2v) is 5.16. The summed E-state index contributed by atoms with van der Waals surface area (Å²) in [6, 6.07) is 6.03. The Hall–Kier alpha value is -1.39. The van der Waals surface area contributed by atoms with Gasteiger partial charge in [-0.2, -0.15) is 0 Å². The summed E-state index contributed by atoms with van der Waals surface area (Å²) in [5.41, 5.74) is 10.2. The topological polar surface area (TPSA) is 50.9 Å². The number of anilines is 1. The first-order valence-corrected chi connectivity index (χ1v) is 6.50. The van der Waals surface area contributed by atoms with Gasteiger partial charge in [0.25, 0.3) is 0 Å². The van der Waals surface area contributed by atoms with E-state index in [1.807, 2.05) is 19.1 Å². The molecule has 4 heteroatoms. The van der Waals surface area contributed by atoms with Crippen molar-refractivity contribution < 1.29 is 0 Å². The second kappa shape index (κ2) is 5.29. The molecule has 2 aromatic rings. The number of nitrogens with one attached hydrogen (secondary N) is 1. The standard InChI is InChI=1S/C13H17N3S/c1-9-11(4-3-5-13(9)14)6-15-7-12-8-17-10(2)16-12/h3-5,8,15H,6-7,14H2,1-2H3. The number of aryl methyl sites for hydroxylation is 1. The maximum Gasteiger partial charge on any atom is 0.0897 e. The lowest BCUT2D eigenvalue weighted by atomic mass is 10.1.